The number of ether oxygens (including phenoxy) is 1. The molecule has 2 heterocycles. The summed E-state index contributed by atoms with van der Waals surface area (Å²) >= 11 is 0. The number of nitrogens with one attached hydrogen (secondary N) is 1. The van der Waals surface area contributed by atoms with E-state index in [1.807, 2.05) is 0 Å². The highest BCUT2D eigenvalue weighted by molar-refractivity contribution is 5.75. The Morgan fingerprint density at radius 1 is 1.28 bits per heavy atom. The van der Waals surface area contributed by atoms with Crippen molar-refractivity contribution in [1.82, 2.24) is 15.2 Å². The lowest BCUT2D eigenvalue weighted by molar-refractivity contribution is -0.188. The van der Waals surface area contributed by atoms with Crippen LogP contribution >= 0.6 is 0 Å². The van der Waals surface area contributed by atoms with Crippen molar-refractivity contribution < 1.29 is 35.9 Å². The van der Waals surface area contributed by atoms with Crippen molar-refractivity contribution >= 4 is 6.03 Å². The van der Waals surface area contributed by atoms with Crippen LogP contribution in [0.15, 0.2) is 18.3 Å². The SMILES string of the molecule is O=C(NCCC1(C(F)(F)F)CC1)N1CCC[C@H]1c1ccnc(OCC(F)(F)F)c1. The average molecular weight is 425 g/mol. The summed E-state index contributed by atoms with van der Waals surface area (Å²) in [5, 5.41) is 2.54. The van der Waals surface area contributed by atoms with Gasteiger partial charge < -0.3 is 15.0 Å². The van der Waals surface area contributed by atoms with E-state index in [-0.39, 0.29) is 31.7 Å². The highest BCUT2D eigenvalue weighted by Gasteiger charge is 2.62. The highest BCUT2D eigenvalue weighted by atomic mass is 19.4. The van der Waals surface area contributed by atoms with Crippen molar-refractivity contribution in [2.45, 2.75) is 50.5 Å². The Morgan fingerprint density at radius 3 is 2.62 bits per heavy atom. The molecule has 0 spiro atoms. The standard InChI is InChI=1S/C18H21F6N3O2/c19-17(20,21)11-29-14-10-12(3-7-25-14)13-2-1-9-27(13)15(28)26-8-6-16(4-5-16)18(22,23)24/h3,7,10,13H,1-2,4-6,8-9,11H2,(H,26,28)/t13-/m0/s1. The topological polar surface area (TPSA) is 54.5 Å². The maximum Gasteiger partial charge on any atom is 0.422 e. The minimum absolute atomic E-state index is 0.0798. The van der Waals surface area contributed by atoms with Crippen LogP contribution < -0.4 is 10.1 Å². The number of amides is 2. The molecule has 1 aliphatic heterocycles. The van der Waals surface area contributed by atoms with Crippen molar-refractivity contribution in [3.8, 4) is 5.88 Å². The third-order valence-electron chi connectivity index (χ3n) is 5.38. The number of rotatable bonds is 6. The molecule has 29 heavy (non-hydrogen) atoms. The summed E-state index contributed by atoms with van der Waals surface area (Å²) in [6.45, 7) is -1.15. The molecule has 2 amide bonds. The van der Waals surface area contributed by atoms with Crippen LogP contribution in [0.25, 0.3) is 0 Å². The van der Waals surface area contributed by atoms with Gasteiger partial charge in [0.2, 0.25) is 5.88 Å². The third kappa shape index (κ3) is 5.24. The van der Waals surface area contributed by atoms with E-state index in [2.05, 4.69) is 15.0 Å². The number of hydrogen-bond acceptors (Lipinski definition) is 3. The molecule has 3 rings (SSSR count). The molecule has 1 aromatic rings. The van der Waals surface area contributed by atoms with Gasteiger partial charge in [-0.3, -0.25) is 0 Å². The number of urea groups is 1. The second-order valence-corrected chi connectivity index (χ2v) is 7.44. The van der Waals surface area contributed by atoms with Crippen molar-refractivity contribution in [2.75, 3.05) is 19.7 Å². The second-order valence-electron chi connectivity index (χ2n) is 7.44. The summed E-state index contributed by atoms with van der Waals surface area (Å²) < 4.78 is 80.5. The predicted molar refractivity (Wildman–Crippen MR) is 90.2 cm³/mol. The Kier molecular flexibility index (Phi) is 5.86. The largest absolute Gasteiger partial charge is 0.468 e. The number of nitrogens with zero attached hydrogens (tertiary/aromatic N) is 2. The van der Waals surface area contributed by atoms with Gasteiger partial charge in [-0.05, 0) is 43.7 Å². The van der Waals surface area contributed by atoms with Crippen LogP contribution in [0.3, 0.4) is 0 Å². The van der Waals surface area contributed by atoms with Crippen LogP contribution in [0.4, 0.5) is 31.1 Å². The number of alkyl halides is 6. The Hall–Kier alpha value is -2.20. The fourth-order valence-corrected chi connectivity index (χ4v) is 3.56. The first-order valence-electron chi connectivity index (χ1n) is 9.27. The molecule has 2 fully saturated rings. The highest BCUT2D eigenvalue weighted by Crippen LogP contribution is 2.59. The summed E-state index contributed by atoms with van der Waals surface area (Å²) in [6, 6.07) is 2.05. The Balaban J connectivity index is 1.57. The van der Waals surface area contributed by atoms with E-state index in [0.29, 0.717) is 24.9 Å². The fraction of sp³-hybridized carbons (Fsp3) is 0.667. The molecule has 162 valence electrons. The van der Waals surface area contributed by atoms with Gasteiger partial charge in [0.25, 0.3) is 0 Å². The van der Waals surface area contributed by atoms with Gasteiger partial charge in [-0.1, -0.05) is 0 Å². The number of halogens is 6. The molecule has 0 radical (unpaired) electrons. The molecular weight excluding hydrogens is 404 g/mol. The van der Waals surface area contributed by atoms with Crippen molar-refractivity contribution in [3.05, 3.63) is 23.9 Å². The molecule has 0 unspecified atom stereocenters. The van der Waals surface area contributed by atoms with E-state index in [1.165, 1.54) is 17.2 Å². The van der Waals surface area contributed by atoms with Crippen molar-refractivity contribution in [2.24, 2.45) is 5.41 Å². The van der Waals surface area contributed by atoms with E-state index >= 15 is 0 Å². The second kappa shape index (κ2) is 7.91. The number of aromatic nitrogens is 1. The monoisotopic (exact) mass is 425 g/mol. The molecule has 1 saturated carbocycles. The lowest BCUT2D eigenvalue weighted by atomic mass is 10.0. The van der Waals surface area contributed by atoms with E-state index in [1.54, 1.807) is 6.07 Å². The van der Waals surface area contributed by atoms with Gasteiger partial charge in [0, 0.05) is 25.4 Å². The molecule has 0 bridgehead atoms. The molecule has 1 N–H and O–H groups in total. The summed E-state index contributed by atoms with van der Waals surface area (Å²) in [7, 11) is 0. The number of carbonyl (C=O) groups excluding carboxylic acids is 1. The van der Waals surface area contributed by atoms with Crippen LogP contribution in [0.2, 0.25) is 0 Å². The summed E-state index contributed by atoms with van der Waals surface area (Å²) in [5.41, 5.74) is -1.11. The molecule has 2 aliphatic rings. The molecule has 1 aromatic heterocycles. The Bertz CT molecular complexity index is 733. The number of carbonyl (C=O) groups is 1. The van der Waals surface area contributed by atoms with Crippen LogP contribution in [0.5, 0.6) is 5.88 Å². The maximum absolute atomic E-state index is 13.0. The zero-order valence-electron chi connectivity index (χ0n) is 15.4. The maximum atomic E-state index is 13.0. The van der Waals surface area contributed by atoms with Crippen LogP contribution in [0, 0.1) is 5.41 Å². The smallest absolute Gasteiger partial charge is 0.422 e. The first-order chi connectivity index (χ1) is 13.5. The first kappa shape index (κ1) is 21.5. The fourth-order valence-electron chi connectivity index (χ4n) is 3.56. The first-order valence-corrected chi connectivity index (χ1v) is 9.27. The molecule has 1 aliphatic carbocycles. The lowest BCUT2D eigenvalue weighted by Gasteiger charge is -2.26. The Morgan fingerprint density at radius 2 is 2.00 bits per heavy atom. The molecule has 11 heteroatoms. The molecule has 5 nitrogen and oxygen atoms in total. The minimum atomic E-state index is -4.49. The van der Waals surface area contributed by atoms with Gasteiger partial charge in [-0.15, -0.1) is 0 Å². The van der Waals surface area contributed by atoms with Gasteiger partial charge in [0.05, 0.1) is 11.5 Å². The quantitative estimate of drug-likeness (QED) is 0.678. The number of pyridine rings is 1. The minimum Gasteiger partial charge on any atom is -0.468 e. The molecule has 0 aromatic carbocycles. The summed E-state index contributed by atoms with van der Waals surface area (Å²) in [6.07, 6.45) is -6.20. The lowest BCUT2D eigenvalue weighted by Crippen LogP contribution is -2.41. The molecule has 1 saturated heterocycles. The van der Waals surface area contributed by atoms with E-state index in [9.17, 15) is 31.1 Å². The normalized spacial score (nSPS) is 21.2. The Labute approximate surface area is 163 Å². The molecule has 1 atom stereocenters. The third-order valence-corrected chi connectivity index (χ3v) is 5.38. The van der Waals surface area contributed by atoms with E-state index < -0.39 is 36.4 Å². The van der Waals surface area contributed by atoms with Gasteiger partial charge in [0.15, 0.2) is 6.61 Å². The van der Waals surface area contributed by atoms with Gasteiger partial charge in [-0.2, -0.15) is 26.3 Å². The van der Waals surface area contributed by atoms with Gasteiger partial charge in [-0.25, -0.2) is 9.78 Å². The summed E-state index contributed by atoms with van der Waals surface area (Å²) in [5.74, 6) is -0.201. The van der Waals surface area contributed by atoms with E-state index in [0.717, 1.165) is 0 Å². The average Bonchev–Trinajstić information content (AvgIpc) is 3.27. The van der Waals surface area contributed by atoms with Crippen LogP contribution in [-0.4, -0.2) is 48.0 Å². The predicted octanol–water partition coefficient (Wildman–Crippen LogP) is 4.60. The summed E-state index contributed by atoms with van der Waals surface area (Å²) in [4.78, 5) is 17.7. The van der Waals surface area contributed by atoms with Crippen LogP contribution in [-0.2, 0) is 0 Å². The number of likely N-dealkylation sites (tertiary alicyclic amines) is 1. The zero-order chi connectivity index (χ0) is 21.3. The molecular formula is C18H21F6N3O2. The van der Waals surface area contributed by atoms with Crippen molar-refractivity contribution in [3.63, 3.8) is 0 Å². The van der Waals surface area contributed by atoms with Crippen LogP contribution in [0.1, 0.15) is 43.7 Å². The zero-order valence-corrected chi connectivity index (χ0v) is 15.4. The van der Waals surface area contributed by atoms with Crippen molar-refractivity contribution in [1.29, 1.82) is 0 Å². The van der Waals surface area contributed by atoms with Gasteiger partial charge >= 0.3 is 18.4 Å². The van der Waals surface area contributed by atoms with E-state index in [4.69, 9.17) is 0 Å². The number of hydrogen-bond donors (Lipinski definition) is 1. The van der Waals surface area contributed by atoms with Gasteiger partial charge in [0.1, 0.15) is 0 Å².